The third-order valence-corrected chi connectivity index (χ3v) is 4.13. The van der Waals surface area contributed by atoms with Crippen molar-refractivity contribution >= 4 is 7.12 Å². The van der Waals surface area contributed by atoms with Gasteiger partial charge in [0.1, 0.15) is 0 Å². The highest BCUT2D eigenvalue weighted by Crippen LogP contribution is 2.40. The number of ether oxygens (including phenoxy) is 1. The molecule has 2 N–H and O–H groups in total. The van der Waals surface area contributed by atoms with Crippen molar-refractivity contribution in [1.82, 2.24) is 0 Å². The molecule has 128 valence electrons. The first kappa shape index (κ1) is 18.0. The van der Waals surface area contributed by atoms with Gasteiger partial charge in [-0.25, -0.2) is 4.39 Å². The minimum Gasteiger partial charge on any atom is -0.403 e. The fourth-order valence-corrected chi connectivity index (χ4v) is 2.12. The normalized spacial score (nSPS) is 21.3. The van der Waals surface area contributed by atoms with Crippen LogP contribution in [0.15, 0.2) is 18.2 Å². The Kier molecular flexibility index (Phi) is 4.42. The predicted molar refractivity (Wildman–Crippen MR) is 76.1 cm³/mol. The first-order chi connectivity index (χ1) is 10.3. The lowest BCUT2D eigenvalue weighted by Gasteiger charge is -2.32. The number of hydrogen-bond donors (Lipinski definition) is 1. The Morgan fingerprint density at radius 2 is 1.65 bits per heavy atom. The van der Waals surface area contributed by atoms with Gasteiger partial charge in [0.05, 0.1) is 17.1 Å². The van der Waals surface area contributed by atoms with Crippen molar-refractivity contribution in [2.75, 3.05) is 0 Å². The summed E-state index contributed by atoms with van der Waals surface area (Å²) in [5.74, 6) is -2.93. The van der Waals surface area contributed by atoms with Gasteiger partial charge in [0.2, 0.25) is 0 Å². The number of alkyl halides is 3. The van der Waals surface area contributed by atoms with Crippen LogP contribution in [0.3, 0.4) is 0 Å². The van der Waals surface area contributed by atoms with Crippen LogP contribution in [-0.4, -0.2) is 24.7 Å². The summed E-state index contributed by atoms with van der Waals surface area (Å²) in [6.45, 7) is 7.34. The van der Waals surface area contributed by atoms with Crippen molar-refractivity contribution in [3.05, 3.63) is 29.6 Å². The Morgan fingerprint density at radius 3 is 2.09 bits per heavy atom. The lowest BCUT2D eigenvalue weighted by atomic mass is 9.75. The summed E-state index contributed by atoms with van der Waals surface area (Å²) in [5, 5.41) is 0. The molecule has 1 aromatic carbocycles. The van der Waals surface area contributed by atoms with Crippen LogP contribution in [0.4, 0.5) is 17.6 Å². The number of hydrogen-bond acceptors (Lipinski definition) is 4. The molecule has 0 unspecified atom stereocenters. The first-order valence-corrected chi connectivity index (χ1v) is 6.99. The molecular formula is C14H18BF4NO3. The van der Waals surface area contributed by atoms with Gasteiger partial charge < -0.3 is 19.8 Å². The molecule has 1 heterocycles. The smallest absolute Gasteiger partial charge is 0.403 e. The molecule has 0 radical (unpaired) electrons. The molecule has 23 heavy (non-hydrogen) atoms. The molecule has 1 aliphatic rings. The van der Waals surface area contributed by atoms with Crippen molar-refractivity contribution in [3.63, 3.8) is 0 Å². The van der Waals surface area contributed by atoms with E-state index in [2.05, 4.69) is 4.74 Å². The van der Waals surface area contributed by atoms with Crippen LogP contribution in [0.25, 0.3) is 0 Å². The highest BCUT2D eigenvalue weighted by molar-refractivity contribution is 6.47. The van der Waals surface area contributed by atoms with Crippen molar-refractivity contribution < 1.29 is 31.6 Å². The second kappa shape index (κ2) is 5.64. The van der Waals surface area contributed by atoms with E-state index in [1.807, 2.05) is 27.7 Å². The van der Waals surface area contributed by atoms with Crippen LogP contribution in [0.2, 0.25) is 0 Å². The van der Waals surface area contributed by atoms with Gasteiger partial charge in [-0.15, -0.1) is 13.2 Å². The molecule has 1 aromatic rings. The molecule has 1 saturated heterocycles. The molecule has 1 aliphatic heterocycles. The van der Waals surface area contributed by atoms with E-state index in [-0.39, 0.29) is 5.56 Å². The molecule has 0 bridgehead atoms. The monoisotopic (exact) mass is 335 g/mol. The van der Waals surface area contributed by atoms with E-state index in [9.17, 15) is 17.6 Å². The SMILES string of the molecule is CC1(C)OB([C@H](N)c2ccc(OC(F)(F)F)c(F)c2)OC1(C)C. The molecule has 0 spiro atoms. The number of rotatable bonds is 3. The summed E-state index contributed by atoms with van der Waals surface area (Å²) in [5.41, 5.74) is 5.02. The minimum absolute atomic E-state index is 0.246. The van der Waals surface area contributed by atoms with Crippen LogP contribution in [0.5, 0.6) is 5.75 Å². The molecule has 4 nitrogen and oxygen atoms in total. The average Bonchev–Trinajstić information content (AvgIpc) is 2.58. The van der Waals surface area contributed by atoms with Gasteiger partial charge in [-0.1, -0.05) is 6.07 Å². The molecule has 0 saturated carbocycles. The summed E-state index contributed by atoms with van der Waals surface area (Å²) in [4.78, 5) is 0. The van der Waals surface area contributed by atoms with E-state index in [0.29, 0.717) is 0 Å². The standard InChI is InChI=1S/C14H18BF4NO3/c1-12(2)13(3,4)23-15(22-12)11(20)8-5-6-10(9(16)7-8)21-14(17,18)19/h5-7,11H,20H2,1-4H3/t11-/m1/s1. The fourth-order valence-electron chi connectivity index (χ4n) is 2.12. The zero-order valence-electron chi connectivity index (χ0n) is 13.2. The van der Waals surface area contributed by atoms with Gasteiger partial charge in [-0.3, -0.25) is 0 Å². The maximum Gasteiger partial charge on any atom is 0.573 e. The second-order valence-electron chi connectivity index (χ2n) is 6.39. The third-order valence-electron chi connectivity index (χ3n) is 4.13. The summed E-state index contributed by atoms with van der Waals surface area (Å²) >= 11 is 0. The summed E-state index contributed by atoms with van der Waals surface area (Å²) in [6, 6.07) is 3.01. The van der Waals surface area contributed by atoms with E-state index < -0.39 is 42.2 Å². The van der Waals surface area contributed by atoms with Crippen molar-refractivity contribution in [3.8, 4) is 5.75 Å². The maximum atomic E-state index is 13.8. The number of halogens is 4. The highest BCUT2D eigenvalue weighted by Gasteiger charge is 2.53. The molecule has 0 amide bonds. The van der Waals surface area contributed by atoms with E-state index in [0.717, 1.165) is 12.1 Å². The molecule has 9 heteroatoms. The van der Waals surface area contributed by atoms with Crippen LogP contribution < -0.4 is 10.5 Å². The fraction of sp³-hybridized carbons (Fsp3) is 0.571. The molecule has 1 atom stereocenters. The summed E-state index contributed by atoms with van der Waals surface area (Å²) in [6.07, 6.45) is -4.96. The van der Waals surface area contributed by atoms with Crippen LogP contribution >= 0.6 is 0 Å². The average molecular weight is 335 g/mol. The van der Waals surface area contributed by atoms with Crippen LogP contribution in [0.1, 0.15) is 39.2 Å². The molecule has 0 aromatic heterocycles. The second-order valence-corrected chi connectivity index (χ2v) is 6.39. The zero-order valence-corrected chi connectivity index (χ0v) is 13.2. The van der Waals surface area contributed by atoms with Crippen LogP contribution in [-0.2, 0) is 9.31 Å². The Labute approximate surface area is 132 Å². The number of nitrogens with two attached hydrogens (primary N) is 1. The Bertz CT molecular complexity index is 576. The van der Waals surface area contributed by atoms with Gasteiger partial charge in [-0.2, -0.15) is 0 Å². The third kappa shape index (κ3) is 3.78. The van der Waals surface area contributed by atoms with Crippen molar-refractivity contribution in [2.45, 2.75) is 51.2 Å². The zero-order chi connectivity index (χ0) is 17.6. The Morgan fingerprint density at radius 1 is 1.13 bits per heavy atom. The summed E-state index contributed by atoms with van der Waals surface area (Å²) < 4.78 is 65.3. The van der Waals surface area contributed by atoms with Gasteiger partial charge in [-0.05, 0) is 45.4 Å². The van der Waals surface area contributed by atoms with Crippen molar-refractivity contribution in [1.29, 1.82) is 0 Å². The highest BCUT2D eigenvalue weighted by atomic mass is 19.4. The van der Waals surface area contributed by atoms with E-state index in [1.165, 1.54) is 6.07 Å². The van der Waals surface area contributed by atoms with Gasteiger partial charge in [0, 0.05) is 0 Å². The van der Waals surface area contributed by atoms with Crippen LogP contribution in [0, 0.1) is 5.82 Å². The van der Waals surface area contributed by atoms with E-state index in [4.69, 9.17) is 15.0 Å². The first-order valence-electron chi connectivity index (χ1n) is 6.99. The Balaban J connectivity index is 2.18. The molecular weight excluding hydrogens is 317 g/mol. The van der Waals surface area contributed by atoms with Gasteiger partial charge in [0.15, 0.2) is 11.6 Å². The Hall–Kier alpha value is -1.32. The topological polar surface area (TPSA) is 53.7 Å². The predicted octanol–water partition coefficient (Wildman–Crippen LogP) is 3.36. The quantitative estimate of drug-likeness (QED) is 0.680. The molecule has 2 rings (SSSR count). The minimum atomic E-state index is -4.96. The lowest BCUT2D eigenvalue weighted by Crippen LogP contribution is -2.41. The number of benzene rings is 1. The maximum absolute atomic E-state index is 13.8. The largest absolute Gasteiger partial charge is 0.573 e. The summed E-state index contributed by atoms with van der Waals surface area (Å²) in [7, 11) is -0.839. The van der Waals surface area contributed by atoms with Gasteiger partial charge >= 0.3 is 13.5 Å². The van der Waals surface area contributed by atoms with E-state index >= 15 is 0 Å². The molecule has 0 aliphatic carbocycles. The van der Waals surface area contributed by atoms with Gasteiger partial charge in [0.25, 0.3) is 0 Å². The van der Waals surface area contributed by atoms with Crippen molar-refractivity contribution in [2.24, 2.45) is 5.73 Å². The lowest BCUT2D eigenvalue weighted by molar-refractivity contribution is -0.275. The van der Waals surface area contributed by atoms with E-state index in [1.54, 1.807) is 0 Å². The molecule has 1 fully saturated rings.